The number of allylic oxidation sites excluding steroid dienone is 17. The first-order valence-corrected chi connectivity index (χ1v) is 25.4. The van der Waals surface area contributed by atoms with Gasteiger partial charge in [-0.1, -0.05) is 194 Å². The molecule has 6 heteroatoms. The highest BCUT2D eigenvalue weighted by Gasteiger charge is 2.19. The van der Waals surface area contributed by atoms with Crippen LogP contribution in [-0.4, -0.2) is 37.2 Å². The first-order valence-electron chi connectivity index (χ1n) is 25.4. The molecule has 0 bridgehead atoms. The molecule has 0 aliphatic carbocycles. The van der Waals surface area contributed by atoms with Crippen molar-refractivity contribution in [2.45, 2.75) is 219 Å². The van der Waals surface area contributed by atoms with Crippen molar-refractivity contribution in [3.05, 3.63) is 109 Å². The minimum Gasteiger partial charge on any atom is -0.462 e. The Morgan fingerprint density at radius 2 is 0.683 bits per heavy atom. The Morgan fingerprint density at radius 1 is 0.349 bits per heavy atom. The summed E-state index contributed by atoms with van der Waals surface area (Å²) in [7, 11) is 0. The number of hydrogen-bond acceptors (Lipinski definition) is 6. The van der Waals surface area contributed by atoms with Crippen LogP contribution in [0.15, 0.2) is 109 Å². The molecule has 0 aromatic rings. The van der Waals surface area contributed by atoms with Gasteiger partial charge in [0.2, 0.25) is 0 Å². The molecule has 6 nitrogen and oxygen atoms in total. The molecular weight excluding hydrogens is 781 g/mol. The van der Waals surface area contributed by atoms with Gasteiger partial charge < -0.3 is 14.2 Å². The molecule has 63 heavy (non-hydrogen) atoms. The fourth-order valence-corrected chi connectivity index (χ4v) is 6.46. The number of ether oxygens (including phenoxy) is 3. The second-order valence-electron chi connectivity index (χ2n) is 16.4. The van der Waals surface area contributed by atoms with E-state index in [0.29, 0.717) is 6.42 Å². The molecule has 0 N–H and O–H groups in total. The third-order valence-electron chi connectivity index (χ3n) is 10.3. The van der Waals surface area contributed by atoms with Gasteiger partial charge in [-0.05, 0) is 109 Å². The second-order valence-corrected chi connectivity index (χ2v) is 16.4. The van der Waals surface area contributed by atoms with Gasteiger partial charge in [0, 0.05) is 12.8 Å². The topological polar surface area (TPSA) is 78.9 Å². The van der Waals surface area contributed by atoms with Crippen LogP contribution in [0, 0.1) is 0 Å². The summed E-state index contributed by atoms with van der Waals surface area (Å²) in [4.78, 5) is 37.9. The van der Waals surface area contributed by atoms with E-state index >= 15 is 0 Å². The van der Waals surface area contributed by atoms with Gasteiger partial charge in [-0.15, -0.1) is 0 Å². The lowest BCUT2D eigenvalue weighted by Crippen LogP contribution is -2.30. The molecule has 0 aromatic heterocycles. The summed E-state index contributed by atoms with van der Waals surface area (Å²) in [5.74, 6) is -1.09. The highest BCUT2D eigenvalue weighted by Crippen LogP contribution is 2.12. The van der Waals surface area contributed by atoms with Gasteiger partial charge in [0.1, 0.15) is 13.2 Å². The van der Waals surface area contributed by atoms with Crippen LogP contribution in [0.4, 0.5) is 0 Å². The third kappa shape index (κ3) is 49.0. The van der Waals surface area contributed by atoms with Crippen molar-refractivity contribution in [1.82, 2.24) is 0 Å². The maximum absolute atomic E-state index is 12.8. The molecule has 0 spiro atoms. The van der Waals surface area contributed by atoms with Crippen LogP contribution >= 0.6 is 0 Å². The Hall–Kier alpha value is -3.93. The lowest BCUT2D eigenvalue weighted by Gasteiger charge is -2.18. The van der Waals surface area contributed by atoms with Crippen molar-refractivity contribution < 1.29 is 28.6 Å². The van der Waals surface area contributed by atoms with Crippen LogP contribution in [-0.2, 0) is 28.6 Å². The molecular formula is C57H92O6. The molecule has 0 rings (SSSR count). The van der Waals surface area contributed by atoms with Gasteiger partial charge in [0.25, 0.3) is 0 Å². The summed E-state index contributed by atoms with van der Waals surface area (Å²) in [6, 6.07) is 0. The summed E-state index contributed by atoms with van der Waals surface area (Å²) in [5.41, 5.74) is 0. The fourth-order valence-electron chi connectivity index (χ4n) is 6.46. The maximum Gasteiger partial charge on any atom is 0.309 e. The van der Waals surface area contributed by atoms with Crippen LogP contribution in [0.3, 0.4) is 0 Å². The molecule has 0 saturated heterocycles. The number of carbonyl (C=O) groups is 3. The number of unbranched alkanes of at least 4 members (excludes halogenated alkanes) is 16. The third-order valence-corrected chi connectivity index (χ3v) is 10.3. The predicted octanol–water partition coefficient (Wildman–Crippen LogP) is 16.8. The highest BCUT2D eigenvalue weighted by atomic mass is 16.6. The molecule has 356 valence electrons. The Morgan fingerprint density at radius 3 is 1.11 bits per heavy atom. The van der Waals surface area contributed by atoms with Gasteiger partial charge in [0.15, 0.2) is 6.10 Å². The molecule has 0 heterocycles. The Kier molecular flexibility index (Phi) is 47.5. The van der Waals surface area contributed by atoms with E-state index in [1.165, 1.54) is 51.4 Å². The van der Waals surface area contributed by atoms with Crippen LogP contribution in [0.2, 0.25) is 0 Å². The van der Waals surface area contributed by atoms with E-state index in [0.717, 1.165) is 122 Å². The van der Waals surface area contributed by atoms with Crippen molar-refractivity contribution in [3.63, 3.8) is 0 Å². The van der Waals surface area contributed by atoms with Crippen molar-refractivity contribution >= 4 is 17.9 Å². The smallest absolute Gasteiger partial charge is 0.309 e. The van der Waals surface area contributed by atoms with Crippen molar-refractivity contribution in [2.24, 2.45) is 0 Å². The van der Waals surface area contributed by atoms with E-state index in [-0.39, 0.29) is 38.0 Å². The molecule has 0 fully saturated rings. The number of carbonyl (C=O) groups excluding carboxylic acids is 3. The average Bonchev–Trinajstić information content (AvgIpc) is 3.28. The molecule has 0 aliphatic rings. The highest BCUT2D eigenvalue weighted by molar-refractivity contribution is 5.72. The van der Waals surface area contributed by atoms with Crippen molar-refractivity contribution in [2.75, 3.05) is 13.2 Å². The van der Waals surface area contributed by atoms with Crippen LogP contribution in [0.5, 0.6) is 0 Å². The lowest BCUT2D eigenvalue weighted by atomic mass is 10.1. The predicted molar refractivity (Wildman–Crippen MR) is 270 cm³/mol. The van der Waals surface area contributed by atoms with Crippen LogP contribution in [0.1, 0.15) is 213 Å². The van der Waals surface area contributed by atoms with Gasteiger partial charge in [-0.25, -0.2) is 0 Å². The zero-order valence-corrected chi connectivity index (χ0v) is 40.5. The van der Waals surface area contributed by atoms with E-state index in [2.05, 4.69) is 118 Å². The van der Waals surface area contributed by atoms with Crippen LogP contribution in [0.25, 0.3) is 0 Å². The van der Waals surface area contributed by atoms with E-state index in [9.17, 15) is 14.4 Å². The maximum atomic E-state index is 12.8. The first kappa shape index (κ1) is 59.1. The Bertz CT molecular complexity index is 1330. The quantitative estimate of drug-likeness (QED) is 0.0263. The molecule has 0 radical (unpaired) electrons. The summed E-state index contributed by atoms with van der Waals surface area (Å²) in [5, 5.41) is 0. The van der Waals surface area contributed by atoms with Crippen molar-refractivity contribution in [1.29, 1.82) is 0 Å². The minimum absolute atomic E-state index is 0.118. The van der Waals surface area contributed by atoms with Crippen LogP contribution < -0.4 is 0 Å². The number of rotatable bonds is 44. The van der Waals surface area contributed by atoms with Gasteiger partial charge >= 0.3 is 17.9 Å². The van der Waals surface area contributed by atoms with Gasteiger partial charge in [0.05, 0.1) is 6.42 Å². The molecule has 0 aromatic carbocycles. The summed E-state index contributed by atoms with van der Waals surface area (Å²) >= 11 is 0. The van der Waals surface area contributed by atoms with E-state index < -0.39 is 12.1 Å². The normalized spacial score (nSPS) is 13.0. The monoisotopic (exact) mass is 873 g/mol. The molecule has 0 aliphatic heterocycles. The first-order chi connectivity index (χ1) is 31.0. The Labute approximate surface area is 387 Å². The van der Waals surface area contributed by atoms with E-state index in [1.807, 2.05) is 6.08 Å². The zero-order chi connectivity index (χ0) is 45.8. The summed E-state index contributed by atoms with van der Waals surface area (Å²) in [6.07, 6.45) is 68.0. The zero-order valence-electron chi connectivity index (χ0n) is 40.5. The second kappa shape index (κ2) is 50.7. The van der Waals surface area contributed by atoms with Gasteiger partial charge in [-0.2, -0.15) is 0 Å². The minimum atomic E-state index is -0.832. The molecule has 1 unspecified atom stereocenters. The largest absolute Gasteiger partial charge is 0.462 e. The summed E-state index contributed by atoms with van der Waals surface area (Å²) in [6.45, 7) is 6.34. The Balaban J connectivity index is 4.57. The number of hydrogen-bond donors (Lipinski definition) is 0. The fraction of sp³-hybridized carbons (Fsp3) is 0.632. The van der Waals surface area contributed by atoms with E-state index in [1.54, 1.807) is 6.08 Å². The summed E-state index contributed by atoms with van der Waals surface area (Å²) < 4.78 is 16.7. The van der Waals surface area contributed by atoms with E-state index in [4.69, 9.17) is 14.2 Å². The average molecular weight is 873 g/mol. The SMILES string of the molecule is CC/C=C\C/C=C\C/C=C\C/C=C\C/C=C\CC(=O)OCC(COC(=O)CCCCCCC/C=C\C/C=C\CCCCC)OC(=O)CCCCCCC/C=C\C/C=C\CCCCC. The van der Waals surface area contributed by atoms with Crippen molar-refractivity contribution in [3.8, 4) is 0 Å². The number of esters is 3. The molecule has 0 amide bonds. The van der Waals surface area contributed by atoms with Gasteiger partial charge in [-0.3, -0.25) is 14.4 Å². The molecule has 1 atom stereocenters. The standard InChI is InChI=1S/C57H92O6/c1-4-7-10-13-16-19-22-25-28-31-34-37-40-43-46-49-55(58)61-52-54(63-57(60)51-48-45-42-39-36-33-30-27-24-21-18-15-12-9-6-3)53-62-56(59)50-47-44-41-38-35-32-29-26-23-20-17-14-11-8-5-2/h7,10,16-21,25-30,34,37,43,46,54H,4-6,8-9,11-15,22-24,31-33,35-36,38-42,44-45,47-53H2,1-3H3/b10-7-,19-16-,20-17-,21-18-,28-25-,29-26-,30-27-,37-34-,46-43-. The molecule has 0 saturated carbocycles. The lowest BCUT2D eigenvalue weighted by molar-refractivity contribution is -0.166.